The quantitative estimate of drug-likeness (QED) is 0.128. The van der Waals surface area contributed by atoms with Gasteiger partial charge < -0.3 is 18.9 Å². The topological polar surface area (TPSA) is 36.9 Å². The maximum Gasteiger partial charge on any atom is 0.432 e. The van der Waals surface area contributed by atoms with Crippen LogP contribution in [0.15, 0.2) is 66.7 Å². The standard InChI is InChI=1S/C33H26F8O4/c1-2-3-10-42-22-16-43-32(44-17-22)19-4-7-24(26(35)12-19)20-13-29(38)31(30(39)14-20)33(40,41)45-21-6-8-23(27(36)15-21)18-5-9-25(34)28(37)11-18/h4-9,11-15,22,32H,2-3,10,16-17H2,1H3. The fourth-order valence-corrected chi connectivity index (χ4v) is 4.74. The average molecular weight is 639 g/mol. The number of unbranched alkanes of at least 4 members (excludes halogenated alkanes) is 1. The minimum atomic E-state index is -4.63. The van der Waals surface area contributed by atoms with Crippen molar-refractivity contribution >= 4 is 0 Å². The first-order chi connectivity index (χ1) is 21.5. The first kappa shape index (κ1) is 32.4. The Morgan fingerprint density at radius 1 is 0.689 bits per heavy atom. The molecular weight excluding hydrogens is 612 g/mol. The van der Waals surface area contributed by atoms with Crippen molar-refractivity contribution in [3.05, 3.63) is 113 Å². The summed E-state index contributed by atoms with van der Waals surface area (Å²) in [5, 5.41) is 0. The van der Waals surface area contributed by atoms with E-state index in [2.05, 4.69) is 4.74 Å². The van der Waals surface area contributed by atoms with Crippen LogP contribution in [0.2, 0.25) is 0 Å². The number of hydrogen-bond donors (Lipinski definition) is 0. The van der Waals surface area contributed by atoms with Gasteiger partial charge in [0.2, 0.25) is 0 Å². The van der Waals surface area contributed by atoms with Gasteiger partial charge in [0.1, 0.15) is 40.7 Å². The van der Waals surface area contributed by atoms with Crippen molar-refractivity contribution in [2.75, 3.05) is 19.8 Å². The SMILES string of the molecule is CCCCOC1COC(c2ccc(-c3cc(F)c(C(F)(F)Oc4ccc(-c5ccc(F)c(F)c5)c(F)c4)c(F)c3)c(F)c2)OC1. The van der Waals surface area contributed by atoms with Crippen LogP contribution in [-0.2, 0) is 20.3 Å². The minimum Gasteiger partial charge on any atom is -0.429 e. The molecule has 0 amide bonds. The van der Waals surface area contributed by atoms with E-state index in [1.54, 1.807) is 0 Å². The summed E-state index contributed by atoms with van der Waals surface area (Å²) in [6.07, 6.45) is -3.94. The summed E-state index contributed by atoms with van der Waals surface area (Å²) in [5.41, 5.74) is -2.49. The fraction of sp³-hybridized carbons (Fsp3) is 0.273. The Hall–Kier alpha value is -4.00. The lowest BCUT2D eigenvalue weighted by Gasteiger charge is -2.29. The summed E-state index contributed by atoms with van der Waals surface area (Å²) >= 11 is 0. The zero-order valence-electron chi connectivity index (χ0n) is 23.7. The van der Waals surface area contributed by atoms with Crippen LogP contribution in [0.1, 0.15) is 37.2 Å². The van der Waals surface area contributed by atoms with E-state index in [0.29, 0.717) is 36.4 Å². The van der Waals surface area contributed by atoms with Gasteiger partial charge in [0, 0.05) is 29.4 Å². The van der Waals surface area contributed by atoms with Crippen molar-refractivity contribution in [2.24, 2.45) is 0 Å². The first-order valence-corrected chi connectivity index (χ1v) is 13.9. The third-order valence-corrected chi connectivity index (χ3v) is 7.05. The molecule has 0 bridgehead atoms. The molecule has 0 saturated carbocycles. The maximum atomic E-state index is 15.1. The van der Waals surface area contributed by atoms with Gasteiger partial charge in [-0.05, 0) is 60.0 Å². The Morgan fingerprint density at radius 2 is 1.31 bits per heavy atom. The summed E-state index contributed by atoms with van der Waals surface area (Å²) in [6.45, 7) is 3.02. The summed E-state index contributed by atoms with van der Waals surface area (Å²) in [7, 11) is 0. The average Bonchev–Trinajstić information content (AvgIpc) is 2.98. The van der Waals surface area contributed by atoms with Crippen molar-refractivity contribution in [2.45, 2.75) is 38.3 Å². The highest BCUT2D eigenvalue weighted by atomic mass is 19.3. The van der Waals surface area contributed by atoms with Crippen LogP contribution >= 0.6 is 0 Å². The maximum absolute atomic E-state index is 15.1. The van der Waals surface area contributed by atoms with Gasteiger partial charge in [-0.3, -0.25) is 0 Å². The first-order valence-electron chi connectivity index (χ1n) is 13.9. The highest BCUT2D eigenvalue weighted by Gasteiger charge is 2.41. The van der Waals surface area contributed by atoms with E-state index in [9.17, 15) is 30.7 Å². The monoisotopic (exact) mass is 638 g/mol. The van der Waals surface area contributed by atoms with Gasteiger partial charge in [-0.2, -0.15) is 8.78 Å². The second-order valence-electron chi connectivity index (χ2n) is 10.3. The number of benzene rings is 4. The van der Waals surface area contributed by atoms with E-state index in [1.807, 2.05) is 6.92 Å². The van der Waals surface area contributed by atoms with Crippen LogP contribution < -0.4 is 4.74 Å². The zero-order valence-corrected chi connectivity index (χ0v) is 23.7. The predicted molar refractivity (Wildman–Crippen MR) is 147 cm³/mol. The molecule has 1 fully saturated rings. The van der Waals surface area contributed by atoms with Gasteiger partial charge in [0.05, 0.1) is 13.2 Å². The van der Waals surface area contributed by atoms with Crippen molar-refractivity contribution in [3.8, 4) is 28.0 Å². The fourth-order valence-electron chi connectivity index (χ4n) is 4.74. The molecule has 0 unspecified atom stereocenters. The zero-order chi connectivity index (χ0) is 32.3. The summed E-state index contributed by atoms with van der Waals surface area (Å²) in [5.74, 6) is -8.77. The Kier molecular flexibility index (Phi) is 9.76. The van der Waals surface area contributed by atoms with Gasteiger partial charge >= 0.3 is 6.11 Å². The highest BCUT2D eigenvalue weighted by Crippen LogP contribution is 2.39. The lowest BCUT2D eigenvalue weighted by molar-refractivity contribution is -0.230. The molecule has 1 saturated heterocycles. The van der Waals surface area contributed by atoms with Crippen molar-refractivity contribution in [1.29, 1.82) is 0 Å². The normalized spacial score (nSPS) is 17.0. The van der Waals surface area contributed by atoms with Crippen molar-refractivity contribution in [1.82, 2.24) is 0 Å². The van der Waals surface area contributed by atoms with Gasteiger partial charge in [0.15, 0.2) is 17.9 Å². The van der Waals surface area contributed by atoms with Crippen molar-refractivity contribution in [3.63, 3.8) is 0 Å². The Labute approximate surface area is 253 Å². The number of alkyl halides is 2. The number of ether oxygens (including phenoxy) is 4. The van der Waals surface area contributed by atoms with Gasteiger partial charge in [-0.1, -0.05) is 31.5 Å². The van der Waals surface area contributed by atoms with E-state index in [0.717, 1.165) is 43.2 Å². The molecule has 238 valence electrons. The van der Waals surface area contributed by atoms with Gasteiger partial charge in [-0.15, -0.1) is 0 Å². The van der Waals surface area contributed by atoms with E-state index >= 15 is 4.39 Å². The van der Waals surface area contributed by atoms with Gasteiger partial charge in [-0.25, -0.2) is 26.3 Å². The molecule has 45 heavy (non-hydrogen) atoms. The molecule has 0 radical (unpaired) electrons. The molecule has 0 aliphatic carbocycles. The van der Waals surface area contributed by atoms with Crippen LogP contribution in [0.3, 0.4) is 0 Å². The molecule has 0 N–H and O–H groups in total. The smallest absolute Gasteiger partial charge is 0.429 e. The van der Waals surface area contributed by atoms with Crippen LogP contribution in [0.5, 0.6) is 5.75 Å². The second-order valence-corrected chi connectivity index (χ2v) is 10.3. The Bertz CT molecular complexity index is 1650. The van der Waals surface area contributed by atoms with E-state index < -0.39 is 58.6 Å². The third-order valence-electron chi connectivity index (χ3n) is 7.05. The molecule has 4 aromatic rings. The lowest BCUT2D eigenvalue weighted by Crippen LogP contribution is -2.33. The van der Waals surface area contributed by atoms with Crippen LogP contribution in [-0.4, -0.2) is 25.9 Å². The highest BCUT2D eigenvalue weighted by molar-refractivity contribution is 5.66. The second kappa shape index (κ2) is 13.6. The molecule has 5 rings (SSSR count). The molecule has 4 nitrogen and oxygen atoms in total. The molecule has 1 aliphatic rings. The van der Waals surface area contributed by atoms with Crippen LogP contribution in [0, 0.1) is 34.9 Å². The summed E-state index contributed by atoms with van der Waals surface area (Å²) in [4.78, 5) is 0. The van der Waals surface area contributed by atoms with Crippen molar-refractivity contribution < 1.29 is 54.1 Å². The van der Waals surface area contributed by atoms with Crippen LogP contribution in [0.4, 0.5) is 35.1 Å². The van der Waals surface area contributed by atoms with Crippen LogP contribution in [0.25, 0.3) is 22.3 Å². The number of hydrogen-bond acceptors (Lipinski definition) is 4. The molecule has 0 spiro atoms. The molecule has 12 heteroatoms. The number of halogens is 8. The molecule has 0 aromatic heterocycles. The third kappa shape index (κ3) is 7.29. The molecular formula is C33H26F8O4. The van der Waals surface area contributed by atoms with E-state index in [-0.39, 0.29) is 41.6 Å². The Morgan fingerprint density at radius 3 is 1.93 bits per heavy atom. The lowest BCUT2D eigenvalue weighted by atomic mass is 10.00. The summed E-state index contributed by atoms with van der Waals surface area (Å²) in [6, 6.07) is 9.60. The molecule has 1 heterocycles. The summed E-state index contributed by atoms with van der Waals surface area (Å²) < 4.78 is 138. The Balaban J connectivity index is 1.31. The molecule has 0 atom stereocenters. The predicted octanol–water partition coefficient (Wildman–Crippen LogP) is 9.21. The van der Waals surface area contributed by atoms with E-state index in [4.69, 9.17) is 14.2 Å². The number of rotatable bonds is 10. The van der Waals surface area contributed by atoms with E-state index in [1.165, 1.54) is 12.1 Å². The molecule has 4 aromatic carbocycles. The minimum absolute atomic E-state index is 0.0857. The largest absolute Gasteiger partial charge is 0.432 e. The van der Waals surface area contributed by atoms with Gasteiger partial charge in [0.25, 0.3) is 0 Å². The molecule has 1 aliphatic heterocycles.